The van der Waals surface area contributed by atoms with E-state index in [1.165, 1.54) is 18.3 Å². The number of methoxy groups -OCH3 is 1. The lowest BCUT2D eigenvalue weighted by atomic mass is 9.84. The van der Waals surface area contributed by atoms with Crippen molar-refractivity contribution in [2.24, 2.45) is 9.98 Å². The number of carbonyl (C=O) groups is 1. The summed E-state index contributed by atoms with van der Waals surface area (Å²) in [4.78, 5) is 22.6. The smallest absolute Gasteiger partial charge is 0.303 e. The summed E-state index contributed by atoms with van der Waals surface area (Å²) >= 11 is 7.76. The predicted octanol–water partition coefficient (Wildman–Crippen LogP) is 5.60. The van der Waals surface area contributed by atoms with Crippen molar-refractivity contribution in [3.8, 4) is 11.9 Å². The molecule has 0 N–H and O–H groups in total. The Morgan fingerprint density at radius 2 is 2.00 bits per heavy atom. The lowest BCUT2D eigenvalue weighted by Gasteiger charge is -2.36. The quantitative estimate of drug-likeness (QED) is 0.230. The zero-order valence-electron chi connectivity index (χ0n) is 20.4. The summed E-state index contributed by atoms with van der Waals surface area (Å²) in [5, 5.41) is 9.87. The van der Waals surface area contributed by atoms with Gasteiger partial charge in [-0.2, -0.15) is 15.2 Å². The maximum absolute atomic E-state index is 12.0. The van der Waals surface area contributed by atoms with Crippen molar-refractivity contribution in [1.29, 1.82) is 5.26 Å². The molecule has 1 aromatic carbocycles. The van der Waals surface area contributed by atoms with Crippen LogP contribution in [0.4, 0.5) is 0 Å². The van der Waals surface area contributed by atoms with E-state index in [4.69, 9.17) is 26.1 Å². The highest BCUT2D eigenvalue weighted by molar-refractivity contribution is 7.09. The number of esters is 1. The lowest BCUT2D eigenvalue weighted by Crippen LogP contribution is -2.42. The summed E-state index contributed by atoms with van der Waals surface area (Å²) in [5.74, 6) is 0.454. The number of ether oxygens (including phenoxy) is 2. The minimum atomic E-state index is -0.574. The number of benzene rings is 1. The van der Waals surface area contributed by atoms with Crippen LogP contribution in [-0.2, 0) is 21.5 Å². The highest BCUT2D eigenvalue weighted by Gasteiger charge is 2.36. The van der Waals surface area contributed by atoms with Crippen molar-refractivity contribution in [3.05, 3.63) is 44.7 Å². The van der Waals surface area contributed by atoms with Crippen LogP contribution in [0, 0.1) is 11.5 Å². The van der Waals surface area contributed by atoms with Crippen LogP contribution in [0.2, 0.25) is 5.02 Å². The van der Waals surface area contributed by atoms with Crippen molar-refractivity contribution < 1.29 is 14.3 Å². The first kappa shape index (κ1) is 26.0. The Balaban J connectivity index is 2.17. The van der Waals surface area contributed by atoms with E-state index in [1.807, 2.05) is 10.8 Å². The number of carbonyl (C=O) groups excluding carboxylic acids is 1. The average molecular weight is 503 g/mol. The van der Waals surface area contributed by atoms with Crippen LogP contribution in [0.3, 0.4) is 0 Å². The van der Waals surface area contributed by atoms with Crippen molar-refractivity contribution in [2.75, 3.05) is 7.11 Å². The van der Waals surface area contributed by atoms with Gasteiger partial charge in [0, 0.05) is 23.0 Å². The van der Waals surface area contributed by atoms with E-state index in [0.717, 1.165) is 37.0 Å². The Morgan fingerprint density at radius 3 is 2.59 bits per heavy atom. The van der Waals surface area contributed by atoms with E-state index in [0.29, 0.717) is 27.7 Å². The molecule has 0 spiro atoms. The Morgan fingerprint density at radius 1 is 1.29 bits per heavy atom. The molecule has 34 heavy (non-hydrogen) atoms. The second-order valence-corrected chi connectivity index (χ2v) is 11.0. The molecule has 3 rings (SSSR count). The minimum Gasteiger partial charge on any atom is -0.496 e. The molecule has 1 aliphatic rings. The first-order valence-corrected chi connectivity index (χ1v) is 12.5. The highest BCUT2D eigenvalue weighted by atomic mass is 35.5. The van der Waals surface area contributed by atoms with E-state index in [1.54, 1.807) is 25.3 Å². The SMILES string of the molecule is COc1ccc(Cl)cc1C(=N/C#N)/N=c1\sc(C(C)(C)C)cn1CC1(OC(C)=O)CCCCC1. The number of halogens is 1. The Kier molecular flexibility index (Phi) is 8.21. The van der Waals surface area contributed by atoms with E-state index in [2.05, 4.69) is 32.0 Å². The molecule has 182 valence electrons. The average Bonchev–Trinajstić information content (AvgIpc) is 3.16. The van der Waals surface area contributed by atoms with Crippen LogP contribution in [0.15, 0.2) is 34.4 Å². The maximum atomic E-state index is 12.0. The molecular weight excluding hydrogens is 472 g/mol. The molecule has 0 aliphatic heterocycles. The molecule has 9 heteroatoms. The number of aliphatic imine (C=N–C) groups is 1. The van der Waals surface area contributed by atoms with Crippen LogP contribution >= 0.6 is 22.9 Å². The second-order valence-electron chi connectivity index (χ2n) is 9.59. The van der Waals surface area contributed by atoms with Gasteiger partial charge in [0.05, 0.1) is 19.2 Å². The first-order valence-electron chi connectivity index (χ1n) is 11.3. The predicted molar refractivity (Wildman–Crippen MR) is 134 cm³/mol. The molecule has 0 radical (unpaired) electrons. The number of aromatic nitrogens is 1. The number of nitrogens with zero attached hydrogens (tertiary/aromatic N) is 4. The molecule has 0 atom stereocenters. The molecule has 7 nitrogen and oxygen atoms in total. The Bertz CT molecular complexity index is 1180. The van der Waals surface area contributed by atoms with Gasteiger partial charge in [0.1, 0.15) is 11.4 Å². The third kappa shape index (κ3) is 6.28. The van der Waals surface area contributed by atoms with Gasteiger partial charge in [-0.3, -0.25) is 4.79 Å². The van der Waals surface area contributed by atoms with Gasteiger partial charge in [0.2, 0.25) is 6.19 Å². The number of rotatable bonds is 5. The molecule has 1 saturated carbocycles. The summed E-state index contributed by atoms with van der Waals surface area (Å²) in [6.07, 6.45) is 8.69. The van der Waals surface area contributed by atoms with Crippen LogP contribution in [0.25, 0.3) is 0 Å². The van der Waals surface area contributed by atoms with Crippen LogP contribution in [0.5, 0.6) is 5.75 Å². The van der Waals surface area contributed by atoms with Crippen LogP contribution < -0.4 is 9.54 Å². The molecule has 0 bridgehead atoms. The van der Waals surface area contributed by atoms with Gasteiger partial charge in [0.25, 0.3) is 0 Å². The Labute approximate surface area is 209 Å². The Hall–Kier alpha value is -2.63. The molecule has 0 unspecified atom stereocenters. The van der Waals surface area contributed by atoms with Gasteiger partial charge >= 0.3 is 5.97 Å². The molecule has 1 aromatic heterocycles. The normalized spacial score (nSPS) is 16.7. The van der Waals surface area contributed by atoms with Crippen molar-refractivity contribution in [1.82, 2.24) is 4.57 Å². The lowest BCUT2D eigenvalue weighted by molar-refractivity contribution is -0.162. The first-order chi connectivity index (χ1) is 16.1. The molecule has 1 heterocycles. The molecule has 0 amide bonds. The van der Waals surface area contributed by atoms with Crippen LogP contribution in [-0.4, -0.2) is 29.1 Å². The van der Waals surface area contributed by atoms with Crippen molar-refractivity contribution >= 4 is 34.7 Å². The van der Waals surface area contributed by atoms with Gasteiger partial charge in [0.15, 0.2) is 10.6 Å². The number of amidine groups is 1. The van der Waals surface area contributed by atoms with Crippen LogP contribution in [0.1, 0.15) is 70.2 Å². The third-order valence-electron chi connectivity index (χ3n) is 5.80. The van der Waals surface area contributed by atoms with Crippen molar-refractivity contribution in [3.63, 3.8) is 0 Å². The fourth-order valence-electron chi connectivity index (χ4n) is 4.17. The topological polar surface area (TPSA) is 89.0 Å². The maximum Gasteiger partial charge on any atom is 0.303 e. The summed E-state index contributed by atoms with van der Waals surface area (Å²) in [6, 6.07) is 5.12. The number of hydrogen-bond donors (Lipinski definition) is 0. The number of hydrogen-bond acceptors (Lipinski definition) is 6. The molecule has 2 aromatic rings. The fraction of sp³-hybridized carbons (Fsp3) is 0.520. The van der Waals surface area contributed by atoms with Gasteiger partial charge in [-0.15, -0.1) is 11.3 Å². The minimum absolute atomic E-state index is 0.109. The van der Waals surface area contributed by atoms with E-state index < -0.39 is 5.60 Å². The summed E-state index contributed by atoms with van der Waals surface area (Å²) < 4.78 is 13.4. The zero-order valence-corrected chi connectivity index (χ0v) is 21.9. The largest absolute Gasteiger partial charge is 0.496 e. The number of thiazole rings is 1. The molecule has 1 aliphatic carbocycles. The standard InChI is InChI=1S/C25H31ClN4O3S/c1-17(31)33-25(11-7-6-8-12-25)15-30-14-21(24(2,3)4)34-23(30)29-22(28-16-27)19-13-18(26)9-10-20(19)32-5/h9-10,13-14H,6-8,11-12,15H2,1-5H3/b28-22-,29-23-. The van der Waals surface area contributed by atoms with Gasteiger partial charge in [-0.25, -0.2) is 0 Å². The van der Waals surface area contributed by atoms with Gasteiger partial charge in [-0.05, 0) is 49.3 Å². The van der Waals surface area contributed by atoms with E-state index in [-0.39, 0.29) is 17.2 Å². The monoisotopic (exact) mass is 502 g/mol. The fourth-order valence-corrected chi connectivity index (χ4v) is 5.39. The summed E-state index contributed by atoms with van der Waals surface area (Å²) in [6.45, 7) is 8.37. The summed E-state index contributed by atoms with van der Waals surface area (Å²) in [7, 11) is 1.55. The van der Waals surface area contributed by atoms with E-state index in [9.17, 15) is 10.1 Å². The number of nitriles is 1. The van der Waals surface area contributed by atoms with Gasteiger partial charge < -0.3 is 14.0 Å². The summed E-state index contributed by atoms with van der Waals surface area (Å²) in [5.41, 5.74) is -0.155. The molecular formula is C25H31ClN4O3S. The second kappa shape index (κ2) is 10.7. The highest BCUT2D eigenvalue weighted by Crippen LogP contribution is 2.34. The molecule has 1 fully saturated rings. The third-order valence-corrected chi connectivity index (χ3v) is 7.48. The zero-order chi connectivity index (χ0) is 24.9. The molecule has 0 saturated heterocycles. The van der Waals surface area contributed by atoms with Gasteiger partial charge in [-0.1, -0.05) is 38.8 Å². The van der Waals surface area contributed by atoms with Crippen molar-refractivity contribution in [2.45, 2.75) is 77.4 Å². The van der Waals surface area contributed by atoms with E-state index >= 15 is 0 Å².